The predicted molar refractivity (Wildman–Crippen MR) is 80.1 cm³/mol. The van der Waals surface area contributed by atoms with Crippen LogP contribution >= 0.6 is 10.6 Å². The lowest BCUT2D eigenvalue weighted by molar-refractivity contribution is -0.138. The summed E-state index contributed by atoms with van der Waals surface area (Å²) in [6.45, 7) is 1.87. The number of anilines is 1. The molecule has 0 atom stereocenters. The monoisotopic (exact) mass is 308 g/mol. The molecule has 0 amide bonds. The van der Waals surface area contributed by atoms with Crippen molar-refractivity contribution in [2.75, 3.05) is 17.7 Å². The summed E-state index contributed by atoms with van der Waals surface area (Å²) in [4.78, 5) is 12.0. The minimum absolute atomic E-state index is 0.123. The molecule has 1 aliphatic rings. The van der Waals surface area contributed by atoms with Gasteiger partial charge in [0.05, 0.1) is 11.5 Å². The summed E-state index contributed by atoms with van der Waals surface area (Å²) < 4.78 is 24.4. The smallest absolute Gasteiger partial charge is 0.350 e. The minimum Gasteiger partial charge on any atom is -0.462 e. The highest BCUT2D eigenvalue weighted by Gasteiger charge is 2.26. The molecule has 6 nitrogen and oxygen atoms in total. The Hall–Kier alpha value is -2.01. The van der Waals surface area contributed by atoms with Crippen LogP contribution in [0.3, 0.4) is 0 Å². The van der Waals surface area contributed by atoms with Gasteiger partial charge in [-0.25, -0.2) is 4.79 Å². The van der Waals surface area contributed by atoms with E-state index in [1.54, 1.807) is 31.2 Å². The normalized spacial score (nSPS) is 17.5. The maximum absolute atomic E-state index is 11.5. The fraction of sp³-hybridized carbons (Fsp3) is 0.286. The summed E-state index contributed by atoms with van der Waals surface area (Å²) in [5.41, 5.74) is 1.41. The molecule has 0 aromatic heterocycles. The van der Waals surface area contributed by atoms with Crippen molar-refractivity contribution in [2.45, 2.75) is 18.2 Å². The Labute approximate surface area is 124 Å². The summed E-state index contributed by atoms with van der Waals surface area (Å²) >= 11 is 0. The highest BCUT2D eigenvalue weighted by atomic mass is 32.3. The van der Waals surface area contributed by atoms with Crippen LogP contribution in [-0.4, -0.2) is 27.4 Å². The summed E-state index contributed by atoms with van der Waals surface area (Å²) in [6, 6.07) is 6.89. The van der Waals surface area contributed by atoms with E-state index >= 15 is 0 Å². The van der Waals surface area contributed by atoms with Crippen molar-refractivity contribution in [3.8, 4) is 6.07 Å². The van der Waals surface area contributed by atoms with Crippen LogP contribution in [0, 0.1) is 11.3 Å². The lowest BCUT2D eigenvalue weighted by Crippen LogP contribution is -2.08. The highest BCUT2D eigenvalue weighted by Crippen LogP contribution is 2.55. The molecular weight excluding hydrogens is 292 g/mol. The second-order valence-electron chi connectivity index (χ2n) is 4.48. The standard InChI is InChI=1S/C14H16N2O4S/c1-2-20-14(17)11(8-15)9-16-12-3-4-13-10(7-12)5-6-21(13,18)19/h3-4,7,9,16,18-19H,2,5-6H2,1H3. The van der Waals surface area contributed by atoms with Crippen LogP contribution in [0.15, 0.2) is 34.9 Å². The van der Waals surface area contributed by atoms with Crippen LogP contribution in [0.4, 0.5) is 5.69 Å². The number of aryl methyl sites for hydroxylation is 1. The molecule has 21 heavy (non-hydrogen) atoms. The number of benzene rings is 1. The number of fused-ring (bicyclic) bond motifs is 1. The van der Waals surface area contributed by atoms with Gasteiger partial charge in [-0.3, -0.25) is 9.11 Å². The zero-order chi connectivity index (χ0) is 15.5. The van der Waals surface area contributed by atoms with Gasteiger partial charge in [0.1, 0.15) is 6.07 Å². The summed E-state index contributed by atoms with van der Waals surface area (Å²) in [5, 5.41) is 11.8. The molecule has 0 unspecified atom stereocenters. The first kappa shape index (κ1) is 15.4. The van der Waals surface area contributed by atoms with Gasteiger partial charge < -0.3 is 10.1 Å². The molecular formula is C14H16N2O4S. The molecule has 0 saturated carbocycles. The summed E-state index contributed by atoms with van der Waals surface area (Å²) in [6.07, 6.45) is 1.88. The van der Waals surface area contributed by atoms with Crippen LogP contribution < -0.4 is 5.32 Å². The molecule has 1 heterocycles. The Morgan fingerprint density at radius 1 is 1.57 bits per heavy atom. The zero-order valence-electron chi connectivity index (χ0n) is 11.5. The minimum atomic E-state index is -2.65. The van der Waals surface area contributed by atoms with Gasteiger partial charge in [0.25, 0.3) is 0 Å². The second kappa shape index (κ2) is 6.18. The van der Waals surface area contributed by atoms with Gasteiger partial charge in [-0.2, -0.15) is 15.9 Å². The lowest BCUT2D eigenvalue weighted by Gasteiger charge is -2.27. The van der Waals surface area contributed by atoms with Crippen molar-refractivity contribution >= 4 is 22.2 Å². The average Bonchev–Trinajstić information content (AvgIpc) is 2.75. The number of nitrogens with zero attached hydrogens (tertiary/aromatic N) is 1. The van der Waals surface area contributed by atoms with E-state index < -0.39 is 16.6 Å². The molecule has 1 aromatic carbocycles. The van der Waals surface area contributed by atoms with E-state index in [4.69, 9.17) is 10.00 Å². The number of nitrogens with one attached hydrogen (secondary N) is 1. The summed E-state index contributed by atoms with van der Waals surface area (Å²) in [7, 11) is -2.65. The van der Waals surface area contributed by atoms with Gasteiger partial charge in [0.2, 0.25) is 0 Å². The quantitative estimate of drug-likeness (QED) is 0.449. The maximum Gasteiger partial charge on any atom is 0.350 e. The number of hydrogen-bond acceptors (Lipinski definition) is 6. The van der Waals surface area contributed by atoms with E-state index in [9.17, 15) is 13.9 Å². The molecule has 3 N–H and O–H groups in total. The Balaban J connectivity index is 2.15. The molecule has 0 aliphatic carbocycles. The number of rotatable bonds is 4. The molecule has 112 valence electrons. The molecule has 7 heteroatoms. The third-order valence-electron chi connectivity index (χ3n) is 3.07. The molecule has 1 aliphatic heterocycles. The Kier molecular flexibility index (Phi) is 4.53. The number of nitriles is 1. The van der Waals surface area contributed by atoms with Crippen molar-refractivity contribution in [2.24, 2.45) is 0 Å². The average molecular weight is 308 g/mol. The Morgan fingerprint density at radius 2 is 2.33 bits per heavy atom. The number of ether oxygens (including phenoxy) is 1. The fourth-order valence-electron chi connectivity index (χ4n) is 2.05. The van der Waals surface area contributed by atoms with Crippen molar-refractivity contribution in [1.82, 2.24) is 0 Å². The van der Waals surface area contributed by atoms with E-state index in [1.165, 1.54) is 6.20 Å². The molecule has 0 spiro atoms. The molecule has 0 saturated heterocycles. The number of carbonyl (C=O) groups excluding carboxylic acids is 1. The molecule has 0 bridgehead atoms. The third kappa shape index (κ3) is 3.36. The van der Waals surface area contributed by atoms with Crippen molar-refractivity contribution in [1.29, 1.82) is 5.26 Å². The van der Waals surface area contributed by atoms with Gasteiger partial charge in [-0.15, -0.1) is 0 Å². The van der Waals surface area contributed by atoms with Gasteiger partial charge in [0.15, 0.2) is 5.57 Å². The van der Waals surface area contributed by atoms with E-state index in [-0.39, 0.29) is 12.2 Å². The van der Waals surface area contributed by atoms with Gasteiger partial charge in [0, 0.05) is 17.6 Å². The number of esters is 1. The van der Waals surface area contributed by atoms with Gasteiger partial charge in [-0.05, 0) is 37.1 Å². The second-order valence-corrected chi connectivity index (χ2v) is 6.66. The predicted octanol–water partition coefficient (Wildman–Crippen LogP) is 2.73. The van der Waals surface area contributed by atoms with E-state index in [1.807, 2.05) is 0 Å². The fourth-order valence-corrected chi connectivity index (χ4v) is 3.64. The molecule has 2 rings (SSSR count). The van der Waals surface area contributed by atoms with E-state index in [0.717, 1.165) is 5.56 Å². The SMILES string of the molecule is CCOC(=O)C(C#N)=CNc1ccc2c(c1)CCS2(O)O. The molecule has 0 fully saturated rings. The van der Waals surface area contributed by atoms with Gasteiger partial charge >= 0.3 is 5.97 Å². The van der Waals surface area contributed by atoms with Crippen molar-refractivity contribution in [3.05, 3.63) is 35.5 Å². The topological polar surface area (TPSA) is 103 Å². The van der Waals surface area contributed by atoms with Crippen LogP contribution in [0.1, 0.15) is 12.5 Å². The first-order chi connectivity index (χ1) is 9.97. The van der Waals surface area contributed by atoms with Crippen molar-refractivity contribution < 1.29 is 18.6 Å². The first-order valence-electron chi connectivity index (χ1n) is 6.40. The lowest BCUT2D eigenvalue weighted by atomic mass is 10.1. The third-order valence-corrected chi connectivity index (χ3v) is 4.94. The van der Waals surface area contributed by atoms with Crippen LogP contribution in [0.25, 0.3) is 0 Å². The number of hydrogen-bond donors (Lipinski definition) is 3. The van der Waals surface area contributed by atoms with Crippen LogP contribution in [0.5, 0.6) is 0 Å². The van der Waals surface area contributed by atoms with Crippen molar-refractivity contribution in [3.63, 3.8) is 0 Å². The zero-order valence-corrected chi connectivity index (χ0v) is 12.3. The Bertz CT molecular complexity index is 634. The van der Waals surface area contributed by atoms with E-state index in [2.05, 4.69) is 5.32 Å². The summed E-state index contributed by atoms with van der Waals surface area (Å²) in [5.74, 6) is -0.337. The largest absolute Gasteiger partial charge is 0.462 e. The maximum atomic E-state index is 11.5. The van der Waals surface area contributed by atoms with E-state index in [0.29, 0.717) is 22.8 Å². The first-order valence-corrected chi connectivity index (χ1v) is 8.12. The van der Waals surface area contributed by atoms with Gasteiger partial charge in [-0.1, -0.05) is 0 Å². The van der Waals surface area contributed by atoms with Crippen LogP contribution in [-0.2, 0) is 16.0 Å². The number of carbonyl (C=O) groups is 1. The molecule has 1 aromatic rings. The van der Waals surface area contributed by atoms with Crippen LogP contribution in [0.2, 0.25) is 0 Å². The Morgan fingerprint density at radius 3 is 3.00 bits per heavy atom. The highest BCUT2D eigenvalue weighted by molar-refractivity contribution is 8.24. The molecule has 0 radical (unpaired) electrons.